The van der Waals surface area contributed by atoms with Crippen LogP contribution in [0.5, 0.6) is 0 Å². The van der Waals surface area contributed by atoms with E-state index in [0.717, 1.165) is 19.5 Å². The average Bonchev–Trinajstić information content (AvgIpc) is 2.96. The first-order valence-corrected chi connectivity index (χ1v) is 6.70. The Hall–Kier alpha value is -1.32. The Balaban J connectivity index is 1.62. The molecule has 18 heavy (non-hydrogen) atoms. The van der Waals surface area contributed by atoms with Crippen molar-refractivity contribution in [2.75, 3.05) is 13.2 Å². The summed E-state index contributed by atoms with van der Waals surface area (Å²) in [5.74, 6) is 0. The van der Waals surface area contributed by atoms with E-state index in [1.54, 1.807) is 0 Å². The summed E-state index contributed by atoms with van der Waals surface area (Å²) in [6.07, 6.45) is 5.44. The number of aromatic amines is 1. The predicted molar refractivity (Wildman–Crippen MR) is 73.4 cm³/mol. The van der Waals surface area contributed by atoms with Crippen LogP contribution in [-0.2, 0) is 6.54 Å². The van der Waals surface area contributed by atoms with Crippen LogP contribution >= 0.6 is 0 Å². The standard InChI is InChI=1S/C15H20N2O/c18-9-7-15(5-6-15)11-16-10-12-2-1-3-14-13(12)4-8-17-14/h1-4,8,16-18H,5-7,9-11H2. The van der Waals surface area contributed by atoms with E-state index in [4.69, 9.17) is 5.11 Å². The van der Waals surface area contributed by atoms with Gasteiger partial charge in [-0.2, -0.15) is 0 Å². The Labute approximate surface area is 107 Å². The molecule has 3 heteroatoms. The monoisotopic (exact) mass is 244 g/mol. The highest BCUT2D eigenvalue weighted by Crippen LogP contribution is 2.47. The van der Waals surface area contributed by atoms with E-state index in [1.807, 2.05) is 6.20 Å². The maximum absolute atomic E-state index is 9.04. The number of rotatable bonds is 6. The minimum atomic E-state index is 0.315. The van der Waals surface area contributed by atoms with Gasteiger partial charge in [0.1, 0.15) is 0 Å². The van der Waals surface area contributed by atoms with E-state index in [0.29, 0.717) is 12.0 Å². The van der Waals surface area contributed by atoms with Gasteiger partial charge in [-0.05, 0) is 42.4 Å². The quantitative estimate of drug-likeness (QED) is 0.731. The van der Waals surface area contributed by atoms with Gasteiger partial charge in [-0.15, -0.1) is 0 Å². The minimum Gasteiger partial charge on any atom is -0.396 e. The van der Waals surface area contributed by atoms with E-state index < -0.39 is 0 Å². The maximum atomic E-state index is 9.04. The van der Waals surface area contributed by atoms with Gasteiger partial charge in [-0.25, -0.2) is 0 Å². The predicted octanol–water partition coefficient (Wildman–Crippen LogP) is 2.42. The van der Waals surface area contributed by atoms with Crippen LogP contribution in [0.2, 0.25) is 0 Å². The fourth-order valence-electron chi connectivity index (χ4n) is 2.70. The summed E-state index contributed by atoms with van der Waals surface area (Å²) in [4.78, 5) is 3.24. The summed E-state index contributed by atoms with van der Waals surface area (Å²) in [5, 5.41) is 13.9. The van der Waals surface area contributed by atoms with E-state index in [-0.39, 0.29) is 0 Å². The Kier molecular flexibility index (Phi) is 3.10. The van der Waals surface area contributed by atoms with Crippen LogP contribution in [0.25, 0.3) is 10.9 Å². The third kappa shape index (κ3) is 2.28. The summed E-state index contributed by atoms with van der Waals surface area (Å²) < 4.78 is 0. The second kappa shape index (κ2) is 4.75. The number of nitrogens with one attached hydrogen (secondary N) is 2. The van der Waals surface area contributed by atoms with Gasteiger partial charge in [0.15, 0.2) is 0 Å². The van der Waals surface area contributed by atoms with E-state index in [1.165, 1.54) is 29.3 Å². The molecule has 1 aromatic carbocycles. The Morgan fingerprint density at radius 2 is 2.17 bits per heavy atom. The SMILES string of the molecule is OCCC1(CNCc2cccc3[nH]ccc23)CC1. The lowest BCUT2D eigenvalue weighted by Gasteiger charge is -2.14. The fraction of sp³-hybridized carbons (Fsp3) is 0.467. The molecule has 3 nitrogen and oxygen atoms in total. The van der Waals surface area contributed by atoms with E-state index >= 15 is 0 Å². The van der Waals surface area contributed by atoms with Crippen LogP contribution < -0.4 is 5.32 Å². The number of hydrogen-bond donors (Lipinski definition) is 3. The van der Waals surface area contributed by atoms with Crippen molar-refractivity contribution in [3.8, 4) is 0 Å². The molecule has 1 heterocycles. The van der Waals surface area contributed by atoms with Gasteiger partial charge in [0.05, 0.1) is 0 Å². The summed E-state index contributed by atoms with van der Waals surface area (Å²) >= 11 is 0. The molecule has 0 unspecified atom stereocenters. The molecule has 1 aliphatic carbocycles. The smallest absolute Gasteiger partial charge is 0.0457 e. The molecular formula is C15H20N2O. The fourth-order valence-corrected chi connectivity index (χ4v) is 2.70. The summed E-state index contributed by atoms with van der Waals surface area (Å²) in [6.45, 7) is 2.24. The first-order valence-electron chi connectivity index (χ1n) is 6.70. The molecule has 1 aromatic heterocycles. The number of benzene rings is 1. The van der Waals surface area contributed by atoms with Crippen molar-refractivity contribution >= 4 is 10.9 Å². The van der Waals surface area contributed by atoms with Crippen molar-refractivity contribution in [3.63, 3.8) is 0 Å². The third-order valence-corrected chi connectivity index (χ3v) is 4.10. The van der Waals surface area contributed by atoms with Crippen molar-refractivity contribution in [2.45, 2.75) is 25.8 Å². The highest BCUT2D eigenvalue weighted by molar-refractivity contribution is 5.82. The van der Waals surface area contributed by atoms with Crippen molar-refractivity contribution in [2.24, 2.45) is 5.41 Å². The molecule has 0 amide bonds. The number of aliphatic hydroxyl groups excluding tert-OH is 1. The molecule has 0 atom stereocenters. The largest absolute Gasteiger partial charge is 0.396 e. The molecule has 0 spiro atoms. The number of H-pyrrole nitrogens is 1. The van der Waals surface area contributed by atoms with Crippen LogP contribution in [0.3, 0.4) is 0 Å². The van der Waals surface area contributed by atoms with E-state index in [9.17, 15) is 0 Å². The normalized spacial score (nSPS) is 17.2. The molecule has 2 aromatic rings. The number of hydrogen-bond acceptors (Lipinski definition) is 2. The lowest BCUT2D eigenvalue weighted by Crippen LogP contribution is -2.24. The van der Waals surface area contributed by atoms with Crippen LogP contribution in [0.15, 0.2) is 30.5 Å². The van der Waals surface area contributed by atoms with Crippen molar-refractivity contribution in [1.82, 2.24) is 10.3 Å². The second-order valence-electron chi connectivity index (χ2n) is 5.43. The first-order chi connectivity index (χ1) is 8.83. The Morgan fingerprint density at radius 3 is 2.94 bits per heavy atom. The van der Waals surface area contributed by atoms with Crippen LogP contribution in [-0.4, -0.2) is 23.2 Å². The van der Waals surface area contributed by atoms with Crippen molar-refractivity contribution in [1.29, 1.82) is 0 Å². The Bertz CT molecular complexity index is 528. The summed E-state index contributed by atoms with van der Waals surface area (Å²) in [5.41, 5.74) is 2.93. The topological polar surface area (TPSA) is 48.0 Å². The van der Waals surface area contributed by atoms with Crippen molar-refractivity contribution < 1.29 is 5.11 Å². The minimum absolute atomic E-state index is 0.315. The van der Waals surface area contributed by atoms with Gasteiger partial charge in [0, 0.05) is 36.8 Å². The lowest BCUT2D eigenvalue weighted by atomic mass is 10.0. The van der Waals surface area contributed by atoms with Gasteiger partial charge in [0.2, 0.25) is 0 Å². The van der Waals surface area contributed by atoms with E-state index in [2.05, 4.69) is 34.6 Å². The number of fused-ring (bicyclic) bond motifs is 1. The lowest BCUT2D eigenvalue weighted by molar-refractivity contribution is 0.245. The Morgan fingerprint density at radius 1 is 1.28 bits per heavy atom. The number of aromatic nitrogens is 1. The molecule has 1 fully saturated rings. The zero-order valence-electron chi connectivity index (χ0n) is 10.6. The maximum Gasteiger partial charge on any atom is 0.0457 e. The first kappa shape index (κ1) is 11.8. The second-order valence-corrected chi connectivity index (χ2v) is 5.43. The zero-order valence-corrected chi connectivity index (χ0v) is 10.6. The van der Waals surface area contributed by atoms with Gasteiger partial charge >= 0.3 is 0 Å². The molecule has 0 aliphatic heterocycles. The zero-order chi connectivity index (χ0) is 12.4. The molecule has 3 N–H and O–H groups in total. The summed E-state index contributed by atoms with van der Waals surface area (Å²) in [7, 11) is 0. The highest BCUT2D eigenvalue weighted by atomic mass is 16.3. The molecule has 96 valence electrons. The van der Waals surface area contributed by atoms with Gasteiger partial charge in [0.25, 0.3) is 0 Å². The molecule has 0 saturated heterocycles. The van der Waals surface area contributed by atoms with Crippen LogP contribution in [0, 0.1) is 5.41 Å². The van der Waals surface area contributed by atoms with Crippen LogP contribution in [0.1, 0.15) is 24.8 Å². The van der Waals surface area contributed by atoms with Crippen molar-refractivity contribution in [3.05, 3.63) is 36.0 Å². The number of aliphatic hydroxyl groups is 1. The van der Waals surface area contributed by atoms with Crippen LogP contribution in [0.4, 0.5) is 0 Å². The van der Waals surface area contributed by atoms with Gasteiger partial charge in [-0.3, -0.25) is 0 Å². The molecule has 0 radical (unpaired) electrons. The molecule has 1 saturated carbocycles. The highest BCUT2D eigenvalue weighted by Gasteiger charge is 2.41. The molecule has 3 rings (SSSR count). The molecule has 0 bridgehead atoms. The average molecular weight is 244 g/mol. The van der Waals surface area contributed by atoms with Gasteiger partial charge in [-0.1, -0.05) is 12.1 Å². The molecule has 1 aliphatic rings. The molecular weight excluding hydrogens is 224 g/mol. The van der Waals surface area contributed by atoms with Gasteiger partial charge < -0.3 is 15.4 Å². The summed E-state index contributed by atoms with van der Waals surface area (Å²) in [6, 6.07) is 8.51. The third-order valence-electron chi connectivity index (χ3n) is 4.10.